The number of sulfonamides is 1. The zero-order chi connectivity index (χ0) is 16.2. The largest absolute Gasteiger partial charge is 0.494 e. The lowest BCUT2D eigenvalue weighted by atomic mass is 10.3. The van der Waals surface area contributed by atoms with Crippen molar-refractivity contribution in [1.82, 2.24) is 0 Å². The van der Waals surface area contributed by atoms with Gasteiger partial charge < -0.3 is 4.74 Å². The first-order valence-electron chi connectivity index (χ1n) is 7.00. The van der Waals surface area contributed by atoms with Gasteiger partial charge in [-0.05, 0) is 85.0 Å². The number of hydrogen-bond acceptors (Lipinski definition) is 3. The van der Waals surface area contributed by atoms with Gasteiger partial charge in [0.25, 0.3) is 10.0 Å². The van der Waals surface area contributed by atoms with Gasteiger partial charge in [-0.15, -0.1) is 0 Å². The summed E-state index contributed by atoms with van der Waals surface area (Å²) >= 11 is 2.19. The molecule has 2 aromatic rings. The zero-order valence-electron chi connectivity index (χ0n) is 12.5. The Hall–Kier alpha value is -1.28. The van der Waals surface area contributed by atoms with E-state index >= 15 is 0 Å². The molecule has 0 radical (unpaired) electrons. The van der Waals surface area contributed by atoms with Crippen LogP contribution in [0.25, 0.3) is 0 Å². The average Bonchev–Trinajstić information content (AvgIpc) is 2.50. The van der Waals surface area contributed by atoms with Gasteiger partial charge in [0, 0.05) is 10.1 Å². The molecule has 2 aromatic carbocycles. The van der Waals surface area contributed by atoms with Crippen LogP contribution in [0, 0.1) is 3.57 Å². The van der Waals surface area contributed by atoms with Crippen molar-refractivity contribution >= 4 is 38.3 Å². The van der Waals surface area contributed by atoms with Crippen LogP contribution in [0.2, 0.25) is 0 Å². The van der Waals surface area contributed by atoms with E-state index in [9.17, 15) is 8.42 Å². The molecule has 6 heteroatoms. The molecule has 0 fully saturated rings. The Morgan fingerprint density at radius 1 is 1.00 bits per heavy atom. The fraction of sp³-hybridized carbons (Fsp3) is 0.250. The van der Waals surface area contributed by atoms with E-state index in [1.165, 1.54) is 4.31 Å². The van der Waals surface area contributed by atoms with Gasteiger partial charge in [0.05, 0.1) is 17.2 Å². The fourth-order valence-electron chi connectivity index (χ4n) is 2.10. The zero-order valence-corrected chi connectivity index (χ0v) is 15.5. The predicted molar refractivity (Wildman–Crippen MR) is 97.0 cm³/mol. The van der Waals surface area contributed by atoms with E-state index in [0.29, 0.717) is 24.6 Å². The third kappa shape index (κ3) is 3.73. The highest BCUT2D eigenvalue weighted by atomic mass is 127. The standard InChI is InChI=1S/C16H18INO3S/c1-3-18(14-7-5-13(17)6-8-14)22(19,20)16-11-9-15(10-12-16)21-4-2/h5-12H,3-4H2,1-2H3. The van der Waals surface area contributed by atoms with Gasteiger partial charge >= 0.3 is 0 Å². The highest BCUT2D eigenvalue weighted by Crippen LogP contribution is 2.25. The van der Waals surface area contributed by atoms with Crippen LogP contribution in [0.15, 0.2) is 53.4 Å². The molecule has 0 atom stereocenters. The lowest BCUT2D eigenvalue weighted by Crippen LogP contribution is -2.30. The van der Waals surface area contributed by atoms with Crippen molar-refractivity contribution in [2.75, 3.05) is 17.5 Å². The molecule has 4 nitrogen and oxygen atoms in total. The number of hydrogen-bond donors (Lipinski definition) is 0. The molecule has 0 aromatic heterocycles. The number of rotatable bonds is 6. The second-order valence-electron chi connectivity index (χ2n) is 4.55. The van der Waals surface area contributed by atoms with E-state index in [-0.39, 0.29) is 4.90 Å². The molecular formula is C16H18INO3S. The smallest absolute Gasteiger partial charge is 0.264 e. The van der Waals surface area contributed by atoms with E-state index in [4.69, 9.17) is 4.74 Å². The van der Waals surface area contributed by atoms with Gasteiger partial charge in [-0.25, -0.2) is 8.42 Å². The molecule has 118 valence electrons. The molecule has 0 saturated carbocycles. The lowest BCUT2D eigenvalue weighted by molar-refractivity contribution is 0.340. The van der Waals surface area contributed by atoms with Crippen LogP contribution in [-0.4, -0.2) is 21.6 Å². The van der Waals surface area contributed by atoms with Crippen molar-refractivity contribution < 1.29 is 13.2 Å². The summed E-state index contributed by atoms with van der Waals surface area (Å²) in [5.41, 5.74) is 0.664. The van der Waals surface area contributed by atoms with Crippen LogP contribution >= 0.6 is 22.6 Å². The summed E-state index contributed by atoms with van der Waals surface area (Å²) in [4.78, 5) is 0.261. The molecule has 0 unspecified atom stereocenters. The Kier molecular flexibility index (Phi) is 5.69. The van der Waals surface area contributed by atoms with Crippen LogP contribution in [0.5, 0.6) is 5.75 Å². The number of benzene rings is 2. The minimum absolute atomic E-state index is 0.261. The van der Waals surface area contributed by atoms with Gasteiger partial charge in [0.2, 0.25) is 0 Å². The molecular weight excluding hydrogens is 413 g/mol. The first-order valence-corrected chi connectivity index (χ1v) is 9.52. The number of ether oxygens (including phenoxy) is 1. The number of halogens is 1. The SMILES string of the molecule is CCOc1ccc(S(=O)(=O)N(CC)c2ccc(I)cc2)cc1. The van der Waals surface area contributed by atoms with Gasteiger partial charge in [0.1, 0.15) is 5.75 Å². The van der Waals surface area contributed by atoms with Gasteiger partial charge in [-0.1, -0.05) is 0 Å². The molecule has 2 rings (SSSR count). The second kappa shape index (κ2) is 7.32. The minimum Gasteiger partial charge on any atom is -0.494 e. The third-order valence-corrected chi connectivity index (χ3v) is 5.76. The molecule has 0 saturated heterocycles. The van der Waals surface area contributed by atoms with Gasteiger partial charge in [0.15, 0.2) is 0 Å². The summed E-state index contributed by atoms with van der Waals surface area (Å²) in [5, 5.41) is 0. The number of anilines is 1. The van der Waals surface area contributed by atoms with Gasteiger partial charge in [-0.2, -0.15) is 0 Å². The maximum Gasteiger partial charge on any atom is 0.264 e. The van der Waals surface area contributed by atoms with Crippen molar-refractivity contribution in [1.29, 1.82) is 0 Å². The molecule has 22 heavy (non-hydrogen) atoms. The Morgan fingerprint density at radius 3 is 2.09 bits per heavy atom. The number of nitrogens with zero attached hydrogens (tertiary/aromatic N) is 1. The van der Waals surface area contributed by atoms with E-state index in [1.54, 1.807) is 24.3 Å². The normalized spacial score (nSPS) is 11.2. The summed E-state index contributed by atoms with van der Waals surface area (Å²) in [7, 11) is -3.57. The van der Waals surface area contributed by atoms with Crippen molar-refractivity contribution in [3.63, 3.8) is 0 Å². The summed E-state index contributed by atoms with van der Waals surface area (Å²) in [6.07, 6.45) is 0. The summed E-state index contributed by atoms with van der Waals surface area (Å²) in [5.74, 6) is 0.666. The highest BCUT2D eigenvalue weighted by molar-refractivity contribution is 14.1. The molecule has 0 aliphatic carbocycles. The molecule has 0 bridgehead atoms. The first kappa shape index (κ1) is 17.1. The van der Waals surface area contributed by atoms with Crippen LogP contribution < -0.4 is 9.04 Å². The first-order chi connectivity index (χ1) is 10.5. The summed E-state index contributed by atoms with van der Waals surface area (Å²) in [6.45, 7) is 4.64. The molecule has 0 N–H and O–H groups in total. The Balaban J connectivity index is 2.36. The molecule has 0 spiro atoms. The highest BCUT2D eigenvalue weighted by Gasteiger charge is 2.23. The van der Waals surface area contributed by atoms with E-state index in [1.807, 2.05) is 38.1 Å². The van der Waals surface area contributed by atoms with Crippen LogP contribution in [0.1, 0.15) is 13.8 Å². The average molecular weight is 431 g/mol. The molecule has 0 heterocycles. The van der Waals surface area contributed by atoms with E-state index < -0.39 is 10.0 Å². The maximum atomic E-state index is 12.8. The third-order valence-electron chi connectivity index (χ3n) is 3.12. The van der Waals surface area contributed by atoms with Crippen molar-refractivity contribution in [3.05, 3.63) is 52.1 Å². The molecule has 0 aliphatic heterocycles. The van der Waals surface area contributed by atoms with E-state index in [2.05, 4.69) is 22.6 Å². The quantitative estimate of drug-likeness (QED) is 0.652. The van der Waals surface area contributed by atoms with Crippen molar-refractivity contribution in [3.8, 4) is 5.75 Å². The lowest BCUT2D eigenvalue weighted by Gasteiger charge is -2.23. The topological polar surface area (TPSA) is 46.6 Å². The summed E-state index contributed by atoms with van der Waals surface area (Å²) < 4.78 is 33.4. The second-order valence-corrected chi connectivity index (χ2v) is 7.66. The van der Waals surface area contributed by atoms with Crippen LogP contribution in [0.3, 0.4) is 0 Å². The minimum atomic E-state index is -3.57. The Labute approximate surface area is 145 Å². The fourth-order valence-corrected chi connectivity index (χ4v) is 3.93. The van der Waals surface area contributed by atoms with E-state index in [0.717, 1.165) is 3.57 Å². The van der Waals surface area contributed by atoms with Crippen LogP contribution in [0.4, 0.5) is 5.69 Å². The van der Waals surface area contributed by atoms with Crippen LogP contribution in [-0.2, 0) is 10.0 Å². The monoisotopic (exact) mass is 431 g/mol. The maximum absolute atomic E-state index is 12.8. The van der Waals surface area contributed by atoms with Crippen molar-refractivity contribution in [2.45, 2.75) is 18.7 Å². The summed E-state index contributed by atoms with van der Waals surface area (Å²) in [6, 6.07) is 13.9. The predicted octanol–water partition coefficient (Wildman–Crippen LogP) is 3.91. The van der Waals surface area contributed by atoms with Gasteiger partial charge in [-0.3, -0.25) is 4.31 Å². The Bertz CT molecular complexity index is 712. The Morgan fingerprint density at radius 2 is 1.59 bits per heavy atom. The molecule has 0 aliphatic rings. The molecule has 0 amide bonds. The van der Waals surface area contributed by atoms with Crippen molar-refractivity contribution in [2.24, 2.45) is 0 Å².